The van der Waals surface area contributed by atoms with E-state index in [0.29, 0.717) is 27.9 Å². The number of phenols is 1. The number of fused-ring (bicyclic) bond motifs is 1. The summed E-state index contributed by atoms with van der Waals surface area (Å²) in [5.41, 5.74) is 1.10. The molecule has 4 unspecified atom stereocenters. The molecule has 3 aliphatic rings. The number of carbonyl (C=O) groups excluding carboxylic acids is 3. The van der Waals surface area contributed by atoms with Gasteiger partial charge in [-0.1, -0.05) is 44.2 Å². The summed E-state index contributed by atoms with van der Waals surface area (Å²) >= 11 is 0. The molecule has 38 heavy (non-hydrogen) atoms. The van der Waals surface area contributed by atoms with Gasteiger partial charge in [-0.25, -0.2) is 4.90 Å². The number of rotatable bonds is 6. The number of benzene rings is 2. The number of phenolic OH excluding ortho intramolecular Hbond substituents is 1. The average Bonchev–Trinajstić information content (AvgIpc) is 3.37. The molecule has 2 aliphatic heterocycles. The first-order valence-corrected chi connectivity index (χ1v) is 13.3. The van der Waals surface area contributed by atoms with Gasteiger partial charge in [0.2, 0.25) is 11.8 Å². The summed E-state index contributed by atoms with van der Waals surface area (Å²) in [5, 5.41) is 24.3. The van der Waals surface area contributed by atoms with Crippen LogP contribution in [-0.4, -0.2) is 39.3 Å². The Labute approximate surface area is 222 Å². The van der Waals surface area contributed by atoms with Crippen molar-refractivity contribution >= 4 is 29.3 Å². The number of carboxylic acid groups (broad SMARTS) is 1. The fraction of sp³-hybridized carbons (Fsp3) is 0.467. The third-order valence-electron chi connectivity index (χ3n) is 8.78. The SMILES string of the molecule is CC(=O)c1ccc(N2C(=O)C3C(c4cc(C)c(O)c(C)c4)NC(CC4CCCCC4)(C(=O)O)C3C2=O)cc1. The summed E-state index contributed by atoms with van der Waals surface area (Å²) < 4.78 is 0. The number of carboxylic acids is 1. The van der Waals surface area contributed by atoms with E-state index in [1.807, 2.05) is 0 Å². The summed E-state index contributed by atoms with van der Waals surface area (Å²) in [6, 6.07) is 9.08. The Balaban J connectivity index is 1.62. The fourth-order valence-electron chi connectivity index (χ4n) is 6.88. The van der Waals surface area contributed by atoms with E-state index in [4.69, 9.17) is 0 Å². The quantitative estimate of drug-likeness (QED) is 0.381. The average molecular weight is 519 g/mol. The van der Waals surface area contributed by atoms with Crippen molar-refractivity contribution in [2.75, 3.05) is 4.90 Å². The second kappa shape index (κ2) is 9.66. The Morgan fingerprint density at radius 1 is 1.00 bits per heavy atom. The van der Waals surface area contributed by atoms with Crippen LogP contribution in [0.5, 0.6) is 5.75 Å². The smallest absolute Gasteiger partial charge is 0.324 e. The van der Waals surface area contributed by atoms with Gasteiger partial charge < -0.3 is 10.2 Å². The van der Waals surface area contributed by atoms with E-state index >= 15 is 0 Å². The topological polar surface area (TPSA) is 124 Å². The van der Waals surface area contributed by atoms with Crippen LogP contribution in [0.4, 0.5) is 5.69 Å². The first-order chi connectivity index (χ1) is 18.0. The predicted octanol–water partition coefficient (Wildman–Crippen LogP) is 4.46. The Morgan fingerprint density at radius 2 is 1.61 bits per heavy atom. The lowest BCUT2D eigenvalue weighted by molar-refractivity contribution is -0.150. The van der Waals surface area contributed by atoms with Crippen LogP contribution in [0.15, 0.2) is 36.4 Å². The van der Waals surface area contributed by atoms with Gasteiger partial charge in [0, 0.05) is 11.6 Å². The largest absolute Gasteiger partial charge is 0.507 e. The number of aryl methyl sites for hydroxylation is 2. The van der Waals surface area contributed by atoms with Crippen molar-refractivity contribution in [1.29, 1.82) is 0 Å². The molecular weight excluding hydrogens is 484 g/mol. The van der Waals surface area contributed by atoms with Gasteiger partial charge in [-0.05, 0) is 74.1 Å². The first kappa shape index (κ1) is 26.1. The lowest BCUT2D eigenvalue weighted by atomic mass is 9.72. The molecule has 2 amide bonds. The van der Waals surface area contributed by atoms with Crippen LogP contribution in [0.1, 0.15) is 78.5 Å². The minimum atomic E-state index is -1.60. The minimum Gasteiger partial charge on any atom is -0.507 e. The number of amides is 2. The number of hydrogen-bond acceptors (Lipinski definition) is 6. The molecule has 0 bridgehead atoms. The van der Waals surface area contributed by atoms with Gasteiger partial charge in [0.25, 0.3) is 0 Å². The van der Waals surface area contributed by atoms with Crippen molar-refractivity contribution in [2.45, 2.75) is 70.9 Å². The summed E-state index contributed by atoms with van der Waals surface area (Å²) in [4.78, 5) is 54.0. The molecule has 2 aromatic carbocycles. The summed E-state index contributed by atoms with van der Waals surface area (Å²) in [5.74, 6) is -3.95. The zero-order valence-corrected chi connectivity index (χ0v) is 22.0. The standard InChI is InChI=1S/C30H34N2O6/c1-16-13-21(14-17(2)26(16)34)25-23-24(30(31-25,29(37)38)15-19-7-5-4-6-8-19)28(36)32(27(23)35)22-11-9-20(10-12-22)18(3)33/h9-14,19,23-25,31,34H,4-8,15H2,1-3H3,(H,37,38). The molecule has 5 rings (SSSR count). The molecular formula is C30H34N2O6. The molecule has 0 spiro atoms. The Morgan fingerprint density at radius 3 is 2.16 bits per heavy atom. The highest BCUT2D eigenvalue weighted by atomic mass is 16.4. The Bertz CT molecular complexity index is 1290. The lowest BCUT2D eigenvalue weighted by Crippen LogP contribution is -2.57. The van der Waals surface area contributed by atoms with Crippen LogP contribution in [0.3, 0.4) is 0 Å². The van der Waals surface area contributed by atoms with Crippen molar-refractivity contribution in [3.8, 4) is 5.75 Å². The van der Waals surface area contributed by atoms with Crippen LogP contribution < -0.4 is 10.2 Å². The summed E-state index contributed by atoms with van der Waals surface area (Å²) in [7, 11) is 0. The molecule has 0 radical (unpaired) electrons. The van der Waals surface area contributed by atoms with Crippen LogP contribution in [0.2, 0.25) is 0 Å². The molecule has 8 heteroatoms. The van der Waals surface area contributed by atoms with Gasteiger partial charge in [-0.3, -0.25) is 24.5 Å². The van der Waals surface area contributed by atoms with Gasteiger partial charge in [0.05, 0.1) is 17.5 Å². The maximum atomic E-state index is 14.0. The number of aliphatic carboxylic acids is 1. The van der Waals surface area contributed by atoms with E-state index in [2.05, 4.69) is 5.32 Å². The maximum Gasteiger partial charge on any atom is 0.324 e. The van der Waals surface area contributed by atoms with E-state index in [1.54, 1.807) is 50.2 Å². The second-order valence-corrected chi connectivity index (χ2v) is 11.2. The minimum absolute atomic E-state index is 0.132. The van der Waals surface area contributed by atoms with Crippen LogP contribution >= 0.6 is 0 Å². The molecule has 200 valence electrons. The van der Waals surface area contributed by atoms with Crippen LogP contribution in [-0.2, 0) is 14.4 Å². The molecule has 1 saturated carbocycles. The predicted molar refractivity (Wildman–Crippen MR) is 141 cm³/mol. The van der Waals surface area contributed by atoms with Crippen molar-refractivity contribution in [3.05, 3.63) is 58.7 Å². The molecule has 4 atom stereocenters. The number of aromatic hydroxyl groups is 1. The number of anilines is 1. The third kappa shape index (κ3) is 4.11. The van der Waals surface area contributed by atoms with Gasteiger partial charge in [0.1, 0.15) is 11.3 Å². The Hall–Kier alpha value is -3.52. The Kier molecular flexibility index (Phi) is 6.63. The normalized spacial score (nSPS) is 27.6. The van der Waals surface area contributed by atoms with Gasteiger partial charge in [0.15, 0.2) is 5.78 Å². The molecule has 1 aliphatic carbocycles. The van der Waals surface area contributed by atoms with E-state index in [0.717, 1.165) is 37.0 Å². The van der Waals surface area contributed by atoms with E-state index in [9.17, 15) is 29.4 Å². The van der Waals surface area contributed by atoms with Crippen molar-refractivity contribution in [1.82, 2.24) is 5.32 Å². The van der Waals surface area contributed by atoms with Crippen molar-refractivity contribution in [2.24, 2.45) is 17.8 Å². The highest BCUT2D eigenvalue weighted by molar-refractivity contribution is 6.24. The number of Topliss-reactive ketones (excluding diaryl/α,β-unsaturated/α-hetero) is 1. The number of carbonyl (C=O) groups is 4. The molecule has 0 aromatic heterocycles. The van der Waals surface area contributed by atoms with E-state index in [-0.39, 0.29) is 23.9 Å². The van der Waals surface area contributed by atoms with Crippen molar-refractivity contribution in [3.63, 3.8) is 0 Å². The molecule has 2 aromatic rings. The van der Waals surface area contributed by atoms with E-state index < -0.39 is 41.2 Å². The maximum absolute atomic E-state index is 14.0. The highest BCUT2D eigenvalue weighted by Gasteiger charge is 2.68. The summed E-state index contributed by atoms with van der Waals surface area (Å²) in [6.07, 6.45) is 5.23. The summed E-state index contributed by atoms with van der Waals surface area (Å²) in [6.45, 7) is 4.96. The number of nitrogens with one attached hydrogen (secondary N) is 1. The highest BCUT2D eigenvalue weighted by Crippen LogP contribution is 2.53. The number of nitrogens with zero attached hydrogens (tertiary/aromatic N) is 1. The molecule has 8 nitrogen and oxygen atoms in total. The number of hydrogen-bond donors (Lipinski definition) is 3. The number of imide groups is 1. The van der Waals surface area contributed by atoms with Gasteiger partial charge >= 0.3 is 5.97 Å². The monoisotopic (exact) mass is 518 g/mol. The van der Waals surface area contributed by atoms with Crippen molar-refractivity contribution < 1.29 is 29.4 Å². The second-order valence-electron chi connectivity index (χ2n) is 11.2. The van der Waals surface area contributed by atoms with Gasteiger partial charge in [-0.2, -0.15) is 0 Å². The zero-order valence-electron chi connectivity index (χ0n) is 22.0. The van der Waals surface area contributed by atoms with Gasteiger partial charge in [-0.15, -0.1) is 0 Å². The van der Waals surface area contributed by atoms with Crippen LogP contribution in [0, 0.1) is 31.6 Å². The van der Waals surface area contributed by atoms with Crippen LogP contribution in [0.25, 0.3) is 0 Å². The molecule has 3 fully saturated rings. The molecule has 3 N–H and O–H groups in total. The molecule has 2 heterocycles. The third-order valence-corrected chi connectivity index (χ3v) is 8.78. The molecule has 2 saturated heterocycles. The first-order valence-electron chi connectivity index (χ1n) is 13.3. The fourth-order valence-corrected chi connectivity index (χ4v) is 6.88. The van der Waals surface area contributed by atoms with E-state index in [1.165, 1.54) is 6.92 Å². The lowest BCUT2D eigenvalue weighted by Gasteiger charge is -2.35. The zero-order chi connectivity index (χ0) is 27.4. The number of ketones is 1.